The first-order valence-corrected chi connectivity index (χ1v) is 6.43. The van der Waals surface area contributed by atoms with Gasteiger partial charge >= 0.3 is 6.03 Å². The number of nitrogens with one attached hydrogen (secondary N) is 3. The Kier molecular flexibility index (Phi) is 5.23. The molecule has 1 rings (SSSR count). The van der Waals surface area contributed by atoms with E-state index in [4.69, 9.17) is 0 Å². The van der Waals surface area contributed by atoms with E-state index in [1.807, 2.05) is 0 Å². The van der Waals surface area contributed by atoms with Gasteiger partial charge in [-0.15, -0.1) is 0 Å². The van der Waals surface area contributed by atoms with Crippen LogP contribution in [-0.2, 0) is 4.79 Å². The molecule has 0 aliphatic carbocycles. The molecule has 0 fully saturated rings. The Bertz CT molecular complexity index is 542. The molecule has 0 radical (unpaired) electrons. The number of carbonyl (C=O) groups excluding carboxylic acids is 2. The van der Waals surface area contributed by atoms with Gasteiger partial charge in [-0.3, -0.25) is 4.79 Å². The molecule has 3 amide bonds. The highest BCUT2D eigenvalue weighted by Crippen LogP contribution is 2.14. The van der Waals surface area contributed by atoms with Gasteiger partial charge in [-0.2, -0.15) is 0 Å². The van der Waals surface area contributed by atoms with E-state index in [2.05, 4.69) is 16.0 Å². The topological polar surface area (TPSA) is 70.2 Å². The van der Waals surface area contributed by atoms with Crippen LogP contribution in [0.4, 0.5) is 19.3 Å². The standard InChI is InChI=1S/C14H19F2N3O2/c1-8(12(20)19-14(2,3)4)17-13(21)18-11-7-9(15)5-6-10(11)16/h5-8H,1-4H3,(H,19,20)(H2,17,18,21)/t8-/m0/s1. The number of urea groups is 1. The number of carbonyl (C=O) groups is 2. The summed E-state index contributed by atoms with van der Waals surface area (Å²) >= 11 is 0. The van der Waals surface area contributed by atoms with Gasteiger partial charge in [-0.05, 0) is 39.8 Å². The number of halogens is 2. The molecule has 0 bridgehead atoms. The van der Waals surface area contributed by atoms with E-state index in [0.29, 0.717) is 0 Å². The number of benzene rings is 1. The molecule has 21 heavy (non-hydrogen) atoms. The van der Waals surface area contributed by atoms with Crippen LogP contribution in [0.25, 0.3) is 0 Å². The molecule has 0 aromatic heterocycles. The van der Waals surface area contributed by atoms with Gasteiger partial charge in [0.05, 0.1) is 5.69 Å². The molecular weight excluding hydrogens is 280 g/mol. The number of hydrogen-bond donors (Lipinski definition) is 3. The van der Waals surface area contributed by atoms with Crippen LogP contribution in [0, 0.1) is 11.6 Å². The highest BCUT2D eigenvalue weighted by molar-refractivity contribution is 5.93. The molecule has 0 spiro atoms. The molecule has 0 heterocycles. The van der Waals surface area contributed by atoms with Crippen molar-refractivity contribution in [3.05, 3.63) is 29.8 Å². The second-order valence-electron chi connectivity index (χ2n) is 5.68. The Balaban J connectivity index is 2.61. The Morgan fingerprint density at radius 3 is 2.38 bits per heavy atom. The average Bonchev–Trinajstić information content (AvgIpc) is 2.31. The average molecular weight is 299 g/mol. The van der Waals surface area contributed by atoms with Gasteiger partial charge in [0.25, 0.3) is 0 Å². The zero-order valence-electron chi connectivity index (χ0n) is 12.4. The van der Waals surface area contributed by atoms with Crippen LogP contribution >= 0.6 is 0 Å². The van der Waals surface area contributed by atoms with Crippen molar-refractivity contribution < 1.29 is 18.4 Å². The maximum absolute atomic E-state index is 13.4. The van der Waals surface area contributed by atoms with E-state index in [1.165, 1.54) is 6.92 Å². The van der Waals surface area contributed by atoms with Gasteiger partial charge in [0, 0.05) is 11.6 Å². The lowest BCUT2D eigenvalue weighted by Gasteiger charge is -2.23. The number of amides is 3. The third kappa shape index (κ3) is 5.76. The Morgan fingerprint density at radius 1 is 1.19 bits per heavy atom. The van der Waals surface area contributed by atoms with E-state index >= 15 is 0 Å². The van der Waals surface area contributed by atoms with Crippen molar-refractivity contribution in [3.8, 4) is 0 Å². The summed E-state index contributed by atoms with van der Waals surface area (Å²) in [6.45, 7) is 6.90. The van der Waals surface area contributed by atoms with E-state index in [9.17, 15) is 18.4 Å². The lowest BCUT2D eigenvalue weighted by atomic mass is 10.1. The molecule has 5 nitrogen and oxygen atoms in total. The van der Waals surface area contributed by atoms with Gasteiger partial charge in [0.1, 0.15) is 17.7 Å². The molecule has 1 aromatic rings. The fraction of sp³-hybridized carbons (Fsp3) is 0.429. The molecule has 0 aliphatic heterocycles. The zero-order valence-corrected chi connectivity index (χ0v) is 12.4. The van der Waals surface area contributed by atoms with Crippen molar-refractivity contribution in [1.82, 2.24) is 10.6 Å². The van der Waals surface area contributed by atoms with E-state index < -0.39 is 29.2 Å². The maximum atomic E-state index is 13.4. The van der Waals surface area contributed by atoms with Crippen LogP contribution in [0.5, 0.6) is 0 Å². The summed E-state index contributed by atoms with van der Waals surface area (Å²) in [5.74, 6) is -1.82. The molecular formula is C14H19F2N3O2. The van der Waals surface area contributed by atoms with Crippen LogP contribution < -0.4 is 16.0 Å². The second-order valence-corrected chi connectivity index (χ2v) is 5.68. The summed E-state index contributed by atoms with van der Waals surface area (Å²) in [6, 6.07) is 1.09. The summed E-state index contributed by atoms with van der Waals surface area (Å²) < 4.78 is 26.3. The second kappa shape index (κ2) is 6.51. The normalized spacial score (nSPS) is 12.5. The highest BCUT2D eigenvalue weighted by Gasteiger charge is 2.21. The molecule has 0 saturated heterocycles. The molecule has 0 unspecified atom stereocenters. The predicted molar refractivity (Wildman–Crippen MR) is 75.9 cm³/mol. The smallest absolute Gasteiger partial charge is 0.319 e. The van der Waals surface area contributed by atoms with Crippen LogP contribution in [0.15, 0.2) is 18.2 Å². The fourth-order valence-electron chi connectivity index (χ4n) is 1.49. The molecule has 1 aromatic carbocycles. The quantitative estimate of drug-likeness (QED) is 0.802. The molecule has 0 aliphatic rings. The number of anilines is 1. The van der Waals surface area contributed by atoms with Crippen LogP contribution in [0.2, 0.25) is 0 Å². The first-order valence-electron chi connectivity index (χ1n) is 6.43. The third-order valence-corrected chi connectivity index (χ3v) is 2.42. The first kappa shape index (κ1) is 16.9. The van der Waals surface area contributed by atoms with Crippen LogP contribution in [-0.4, -0.2) is 23.5 Å². The molecule has 7 heteroatoms. The Labute approximate surface area is 122 Å². The molecule has 0 saturated carbocycles. The van der Waals surface area contributed by atoms with E-state index in [1.54, 1.807) is 20.8 Å². The largest absolute Gasteiger partial charge is 0.350 e. The third-order valence-electron chi connectivity index (χ3n) is 2.42. The SMILES string of the molecule is C[C@H](NC(=O)Nc1cc(F)ccc1F)C(=O)NC(C)(C)C. The Hall–Kier alpha value is -2.18. The van der Waals surface area contributed by atoms with Gasteiger partial charge in [0.2, 0.25) is 5.91 Å². The predicted octanol–water partition coefficient (Wildman–Crippen LogP) is 2.39. The fourth-order valence-corrected chi connectivity index (χ4v) is 1.49. The van der Waals surface area contributed by atoms with Gasteiger partial charge in [0.15, 0.2) is 0 Å². The van der Waals surface area contributed by atoms with Crippen molar-refractivity contribution >= 4 is 17.6 Å². The van der Waals surface area contributed by atoms with Crippen LogP contribution in [0.1, 0.15) is 27.7 Å². The van der Waals surface area contributed by atoms with Crippen molar-refractivity contribution in [2.24, 2.45) is 0 Å². The Morgan fingerprint density at radius 2 is 1.81 bits per heavy atom. The minimum absolute atomic E-state index is 0.295. The summed E-state index contributed by atoms with van der Waals surface area (Å²) in [7, 11) is 0. The van der Waals surface area contributed by atoms with Gasteiger partial charge < -0.3 is 16.0 Å². The van der Waals surface area contributed by atoms with Crippen molar-refractivity contribution in [1.29, 1.82) is 0 Å². The lowest BCUT2D eigenvalue weighted by molar-refractivity contribution is -0.123. The summed E-state index contributed by atoms with van der Waals surface area (Å²) in [5, 5.41) is 7.19. The van der Waals surface area contributed by atoms with Gasteiger partial charge in [-0.1, -0.05) is 0 Å². The number of hydrogen-bond acceptors (Lipinski definition) is 2. The van der Waals surface area contributed by atoms with Gasteiger partial charge in [-0.25, -0.2) is 13.6 Å². The monoisotopic (exact) mass is 299 g/mol. The first-order chi connectivity index (χ1) is 9.58. The zero-order chi connectivity index (χ0) is 16.2. The molecule has 116 valence electrons. The molecule has 1 atom stereocenters. The molecule has 3 N–H and O–H groups in total. The van der Waals surface area contributed by atoms with E-state index in [-0.39, 0.29) is 11.6 Å². The highest BCUT2D eigenvalue weighted by atomic mass is 19.1. The summed E-state index contributed by atoms with van der Waals surface area (Å²) in [6.07, 6.45) is 0. The van der Waals surface area contributed by atoms with E-state index in [0.717, 1.165) is 18.2 Å². The summed E-state index contributed by atoms with van der Waals surface area (Å²) in [5.41, 5.74) is -0.728. The summed E-state index contributed by atoms with van der Waals surface area (Å²) in [4.78, 5) is 23.4. The van der Waals surface area contributed by atoms with Crippen molar-refractivity contribution in [2.45, 2.75) is 39.3 Å². The lowest BCUT2D eigenvalue weighted by Crippen LogP contribution is -2.51. The minimum Gasteiger partial charge on any atom is -0.350 e. The van der Waals surface area contributed by atoms with Crippen molar-refractivity contribution in [3.63, 3.8) is 0 Å². The number of rotatable bonds is 3. The maximum Gasteiger partial charge on any atom is 0.319 e. The van der Waals surface area contributed by atoms with Crippen molar-refractivity contribution in [2.75, 3.05) is 5.32 Å². The minimum atomic E-state index is -0.819. The van der Waals surface area contributed by atoms with Crippen LogP contribution in [0.3, 0.4) is 0 Å².